The Balaban J connectivity index is 1.53. The third-order valence-corrected chi connectivity index (χ3v) is 5.73. The summed E-state index contributed by atoms with van der Waals surface area (Å²) in [5.74, 6) is 0.917. The molecule has 3 aromatic rings. The summed E-state index contributed by atoms with van der Waals surface area (Å²) in [4.78, 5) is 30.1. The summed E-state index contributed by atoms with van der Waals surface area (Å²) in [6.45, 7) is 3.13. The molecule has 0 saturated heterocycles. The van der Waals surface area contributed by atoms with Crippen LogP contribution in [0.5, 0.6) is 11.5 Å². The van der Waals surface area contributed by atoms with Crippen molar-refractivity contribution >= 4 is 23.2 Å². The Morgan fingerprint density at radius 2 is 1.55 bits per heavy atom. The highest BCUT2D eigenvalue weighted by Gasteiger charge is 2.33. The van der Waals surface area contributed by atoms with E-state index in [1.807, 2.05) is 73.7 Å². The van der Waals surface area contributed by atoms with E-state index >= 15 is 0 Å². The van der Waals surface area contributed by atoms with E-state index in [2.05, 4.69) is 0 Å². The Kier molecular flexibility index (Phi) is 6.93. The topological polar surface area (TPSA) is 59.1 Å². The molecule has 1 unspecified atom stereocenters. The van der Waals surface area contributed by atoms with Gasteiger partial charge in [0.15, 0.2) is 11.5 Å². The molecule has 0 spiro atoms. The van der Waals surface area contributed by atoms with Crippen molar-refractivity contribution in [2.75, 3.05) is 36.6 Å². The molecule has 1 atom stereocenters. The first-order valence-electron chi connectivity index (χ1n) is 11.1. The van der Waals surface area contributed by atoms with Crippen LogP contribution in [-0.4, -0.2) is 38.6 Å². The fourth-order valence-corrected chi connectivity index (χ4v) is 4.06. The number of rotatable bonds is 7. The number of methoxy groups -OCH3 is 1. The predicted molar refractivity (Wildman–Crippen MR) is 129 cm³/mol. The van der Waals surface area contributed by atoms with E-state index in [0.717, 1.165) is 11.4 Å². The summed E-state index contributed by atoms with van der Waals surface area (Å²) in [7, 11) is 1.61. The van der Waals surface area contributed by atoms with Gasteiger partial charge in [0.1, 0.15) is 0 Å². The highest BCUT2D eigenvalue weighted by molar-refractivity contribution is 6.11. The Bertz CT molecular complexity index is 1120. The summed E-state index contributed by atoms with van der Waals surface area (Å²) in [5.41, 5.74) is 2.09. The van der Waals surface area contributed by atoms with Crippen LogP contribution in [0.25, 0.3) is 0 Å². The van der Waals surface area contributed by atoms with Gasteiger partial charge in [-0.2, -0.15) is 0 Å². The molecule has 0 aliphatic carbocycles. The number of fused-ring (bicyclic) bond motifs is 1. The fourth-order valence-electron chi connectivity index (χ4n) is 4.06. The van der Waals surface area contributed by atoms with Crippen molar-refractivity contribution in [3.8, 4) is 11.5 Å². The van der Waals surface area contributed by atoms with E-state index in [4.69, 9.17) is 9.47 Å². The maximum atomic E-state index is 13.3. The van der Waals surface area contributed by atoms with Gasteiger partial charge >= 0.3 is 0 Å². The molecule has 0 N–H and O–H groups in total. The molecule has 33 heavy (non-hydrogen) atoms. The van der Waals surface area contributed by atoms with Crippen LogP contribution in [0.15, 0.2) is 78.9 Å². The van der Waals surface area contributed by atoms with Crippen molar-refractivity contribution in [3.63, 3.8) is 0 Å². The van der Waals surface area contributed by atoms with Crippen molar-refractivity contribution in [2.45, 2.75) is 13.3 Å². The van der Waals surface area contributed by atoms with E-state index in [-0.39, 0.29) is 17.7 Å². The summed E-state index contributed by atoms with van der Waals surface area (Å²) < 4.78 is 11.2. The molecule has 1 aliphatic heterocycles. The van der Waals surface area contributed by atoms with Crippen molar-refractivity contribution in [1.82, 2.24) is 0 Å². The van der Waals surface area contributed by atoms with Crippen LogP contribution in [-0.2, 0) is 4.79 Å². The number of nitrogens with zero attached hydrogens (tertiary/aromatic N) is 2. The second kappa shape index (κ2) is 10.2. The minimum absolute atomic E-state index is 0.00287. The quantitative estimate of drug-likeness (QED) is 0.492. The van der Waals surface area contributed by atoms with E-state index in [1.165, 1.54) is 0 Å². The van der Waals surface area contributed by atoms with E-state index in [1.54, 1.807) is 29.0 Å². The van der Waals surface area contributed by atoms with Crippen molar-refractivity contribution in [1.29, 1.82) is 0 Å². The molecule has 0 aromatic heterocycles. The zero-order chi connectivity index (χ0) is 23.2. The lowest BCUT2D eigenvalue weighted by Crippen LogP contribution is -2.39. The Hall–Kier alpha value is -3.80. The number of hydrogen-bond acceptors (Lipinski definition) is 4. The zero-order valence-electron chi connectivity index (χ0n) is 18.9. The molecule has 0 radical (unpaired) electrons. The molecule has 1 heterocycles. The SMILES string of the molecule is COc1ccccc1OCCCN1C(=O)C(C)CN(C(=O)c2ccccc2)c2ccccc21. The van der Waals surface area contributed by atoms with Gasteiger partial charge in [0.05, 0.1) is 31.0 Å². The number of carbonyl (C=O) groups excluding carboxylic acids is 2. The number of carbonyl (C=O) groups is 2. The van der Waals surface area contributed by atoms with E-state index < -0.39 is 0 Å². The molecular weight excluding hydrogens is 416 g/mol. The predicted octanol–water partition coefficient (Wildman–Crippen LogP) is 4.79. The molecule has 0 fully saturated rings. The molecule has 0 saturated carbocycles. The molecule has 3 aromatic carbocycles. The maximum Gasteiger partial charge on any atom is 0.258 e. The van der Waals surface area contributed by atoms with Gasteiger partial charge in [0.2, 0.25) is 5.91 Å². The van der Waals surface area contributed by atoms with Crippen LogP contribution in [0.2, 0.25) is 0 Å². The second-order valence-electron chi connectivity index (χ2n) is 8.01. The van der Waals surface area contributed by atoms with E-state index in [0.29, 0.717) is 43.2 Å². The summed E-state index contributed by atoms with van der Waals surface area (Å²) in [5, 5.41) is 0. The highest BCUT2D eigenvalue weighted by Crippen LogP contribution is 2.35. The van der Waals surface area contributed by atoms with Gasteiger partial charge < -0.3 is 19.3 Å². The first-order valence-corrected chi connectivity index (χ1v) is 11.1. The van der Waals surface area contributed by atoms with Gasteiger partial charge in [-0.25, -0.2) is 0 Å². The number of para-hydroxylation sites is 4. The first-order chi connectivity index (χ1) is 16.1. The monoisotopic (exact) mass is 444 g/mol. The number of anilines is 2. The first kappa shape index (κ1) is 22.4. The van der Waals surface area contributed by atoms with E-state index in [9.17, 15) is 9.59 Å². The van der Waals surface area contributed by atoms with Gasteiger partial charge in [-0.3, -0.25) is 9.59 Å². The molecule has 6 nitrogen and oxygen atoms in total. The zero-order valence-corrected chi connectivity index (χ0v) is 18.9. The number of ether oxygens (including phenoxy) is 2. The molecule has 2 amide bonds. The van der Waals surface area contributed by atoms with Gasteiger partial charge in [0.25, 0.3) is 5.91 Å². The number of amides is 2. The molecule has 4 rings (SSSR count). The number of hydrogen-bond donors (Lipinski definition) is 0. The lowest BCUT2D eigenvalue weighted by molar-refractivity contribution is -0.121. The van der Waals surface area contributed by atoms with Crippen LogP contribution in [0.3, 0.4) is 0 Å². The van der Waals surface area contributed by atoms with Gasteiger partial charge in [-0.15, -0.1) is 0 Å². The number of benzene rings is 3. The summed E-state index contributed by atoms with van der Waals surface area (Å²) >= 11 is 0. The fraction of sp³-hybridized carbons (Fsp3) is 0.259. The van der Waals surface area contributed by atoms with Crippen molar-refractivity contribution < 1.29 is 19.1 Å². The molecule has 1 aliphatic rings. The lowest BCUT2D eigenvalue weighted by Gasteiger charge is -2.25. The third-order valence-electron chi connectivity index (χ3n) is 5.73. The Labute approximate surface area is 194 Å². The average Bonchev–Trinajstić information content (AvgIpc) is 2.97. The van der Waals surface area contributed by atoms with Crippen LogP contribution in [0.1, 0.15) is 23.7 Å². The van der Waals surface area contributed by atoms with Crippen LogP contribution >= 0.6 is 0 Å². The molecule has 170 valence electrons. The normalized spacial score (nSPS) is 15.6. The van der Waals surface area contributed by atoms with Crippen LogP contribution in [0, 0.1) is 5.92 Å². The standard InChI is InChI=1S/C27H28N2O4/c1-20-19-29(27(31)21-11-4-3-5-12-21)23-14-7-6-13-22(23)28(26(20)30)17-10-18-33-25-16-9-8-15-24(25)32-2/h3-9,11-16,20H,10,17-19H2,1-2H3. The minimum atomic E-state index is -0.333. The van der Waals surface area contributed by atoms with Gasteiger partial charge in [-0.05, 0) is 42.8 Å². The Morgan fingerprint density at radius 3 is 2.27 bits per heavy atom. The average molecular weight is 445 g/mol. The van der Waals surface area contributed by atoms with Gasteiger partial charge in [-0.1, -0.05) is 49.4 Å². The third kappa shape index (κ3) is 4.85. The minimum Gasteiger partial charge on any atom is -0.493 e. The molecule has 0 bridgehead atoms. The second-order valence-corrected chi connectivity index (χ2v) is 8.01. The van der Waals surface area contributed by atoms with Crippen molar-refractivity contribution in [2.24, 2.45) is 5.92 Å². The largest absolute Gasteiger partial charge is 0.493 e. The smallest absolute Gasteiger partial charge is 0.258 e. The summed E-state index contributed by atoms with van der Waals surface area (Å²) in [6.07, 6.45) is 0.636. The summed E-state index contributed by atoms with van der Waals surface area (Å²) in [6, 6.07) is 24.3. The maximum absolute atomic E-state index is 13.3. The van der Waals surface area contributed by atoms with Crippen LogP contribution < -0.4 is 19.3 Å². The Morgan fingerprint density at radius 1 is 0.909 bits per heavy atom. The highest BCUT2D eigenvalue weighted by atomic mass is 16.5. The van der Waals surface area contributed by atoms with Gasteiger partial charge in [0, 0.05) is 18.7 Å². The van der Waals surface area contributed by atoms with Crippen molar-refractivity contribution in [3.05, 3.63) is 84.4 Å². The lowest BCUT2D eigenvalue weighted by atomic mass is 10.1. The van der Waals surface area contributed by atoms with Crippen LogP contribution in [0.4, 0.5) is 11.4 Å². The molecule has 6 heteroatoms. The molecular formula is C27H28N2O4.